The van der Waals surface area contributed by atoms with Gasteiger partial charge in [-0.3, -0.25) is 5.32 Å². The molecule has 0 atom stereocenters. The lowest BCUT2D eigenvalue weighted by Crippen LogP contribution is -2.20. The van der Waals surface area contributed by atoms with E-state index in [0.717, 1.165) is 6.07 Å². The summed E-state index contributed by atoms with van der Waals surface area (Å²) in [6.45, 7) is 0. The van der Waals surface area contributed by atoms with Gasteiger partial charge in [-0.05, 0) is 12.1 Å². The van der Waals surface area contributed by atoms with E-state index in [2.05, 4.69) is 15.0 Å². The number of urea groups is 1. The molecule has 0 unspecified atom stereocenters. The van der Waals surface area contributed by atoms with Gasteiger partial charge in [0.05, 0.1) is 5.69 Å². The molecule has 5 nitrogen and oxygen atoms in total. The number of carbonyl (C=O) groups excluding carboxylic acids is 1. The van der Waals surface area contributed by atoms with Crippen LogP contribution in [0.1, 0.15) is 0 Å². The fourth-order valence-corrected chi connectivity index (χ4v) is 1.17. The topological polar surface area (TPSA) is 67.2 Å². The Morgan fingerprint density at radius 3 is 2.56 bits per heavy atom. The lowest BCUT2D eigenvalue weighted by molar-refractivity contribution is 0.261. The lowest BCUT2D eigenvalue weighted by atomic mass is 10.3. The van der Waals surface area contributed by atoms with Crippen molar-refractivity contribution in [3.05, 3.63) is 41.9 Å². The first-order chi connectivity index (χ1) is 8.58. The van der Waals surface area contributed by atoms with Crippen LogP contribution in [-0.4, -0.2) is 11.2 Å². The van der Waals surface area contributed by atoms with E-state index in [9.17, 15) is 18.0 Å². The minimum absolute atomic E-state index is 0.0930. The van der Waals surface area contributed by atoms with Crippen molar-refractivity contribution in [3.63, 3.8) is 0 Å². The van der Waals surface area contributed by atoms with Crippen LogP contribution in [0.3, 0.4) is 0 Å². The Labute approximate surface area is 98.6 Å². The maximum absolute atomic E-state index is 13.2. The van der Waals surface area contributed by atoms with E-state index in [-0.39, 0.29) is 5.82 Å². The average Bonchev–Trinajstić information content (AvgIpc) is 2.83. The molecular weight excluding hydrogens is 251 g/mol. The molecule has 1 heterocycles. The Hall–Kier alpha value is -2.51. The minimum atomic E-state index is -1.66. The molecule has 0 aliphatic heterocycles. The van der Waals surface area contributed by atoms with Crippen LogP contribution in [0.2, 0.25) is 0 Å². The summed E-state index contributed by atoms with van der Waals surface area (Å²) in [6.07, 6.45) is 1.22. The third-order valence-corrected chi connectivity index (χ3v) is 1.96. The number of hydrogen-bond donors (Lipinski definition) is 2. The van der Waals surface area contributed by atoms with Crippen LogP contribution in [0, 0.1) is 17.5 Å². The number of nitrogens with zero attached hydrogens (tertiary/aromatic N) is 1. The highest BCUT2D eigenvalue weighted by atomic mass is 19.2. The number of anilines is 2. The molecule has 0 aliphatic carbocycles. The van der Waals surface area contributed by atoms with Gasteiger partial charge in [0, 0.05) is 6.07 Å². The summed E-state index contributed by atoms with van der Waals surface area (Å²) in [4.78, 5) is 11.3. The lowest BCUT2D eigenvalue weighted by Gasteiger charge is -2.07. The van der Waals surface area contributed by atoms with E-state index < -0.39 is 29.2 Å². The molecule has 2 N–H and O–H groups in total. The average molecular weight is 257 g/mol. The largest absolute Gasteiger partial charge is 0.363 e. The third kappa shape index (κ3) is 2.42. The molecule has 0 bridgehead atoms. The molecule has 0 saturated heterocycles. The van der Waals surface area contributed by atoms with Gasteiger partial charge in [0.2, 0.25) is 0 Å². The van der Waals surface area contributed by atoms with Crippen molar-refractivity contribution in [2.75, 3.05) is 10.6 Å². The number of rotatable bonds is 2. The van der Waals surface area contributed by atoms with Gasteiger partial charge in [-0.1, -0.05) is 5.16 Å². The second-order valence-electron chi connectivity index (χ2n) is 3.19. The Bertz CT molecular complexity index is 572. The molecule has 2 amide bonds. The van der Waals surface area contributed by atoms with Crippen LogP contribution in [-0.2, 0) is 0 Å². The Balaban J connectivity index is 2.10. The van der Waals surface area contributed by atoms with Crippen molar-refractivity contribution >= 4 is 17.5 Å². The SMILES string of the molecule is O=C(Nc1ccon1)Nc1ccc(F)c(F)c1F. The van der Waals surface area contributed by atoms with Gasteiger partial charge in [-0.25, -0.2) is 18.0 Å². The molecule has 0 fully saturated rings. The molecule has 2 aromatic rings. The van der Waals surface area contributed by atoms with E-state index in [1.165, 1.54) is 12.3 Å². The number of carbonyl (C=O) groups is 1. The van der Waals surface area contributed by atoms with Gasteiger partial charge in [0.15, 0.2) is 23.3 Å². The number of benzene rings is 1. The zero-order valence-electron chi connectivity index (χ0n) is 8.71. The number of nitrogens with one attached hydrogen (secondary N) is 2. The van der Waals surface area contributed by atoms with Gasteiger partial charge < -0.3 is 9.84 Å². The molecule has 8 heteroatoms. The van der Waals surface area contributed by atoms with E-state index >= 15 is 0 Å². The summed E-state index contributed by atoms with van der Waals surface area (Å²) in [6, 6.07) is 2.08. The second-order valence-corrected chi connectivity index (χ2v) is 3.19. The molecule has 0 aliphatic rings. The zero-order valence-corrected chi connectivity index (χ0v) is 8.71. The standard InChI is InChI=1S/C10H6F3N3O2/c11-5-1-2-6(9(13)8(5)12)14-10(17)15-7-3-4-18-16-7/h1-4H,(H2,14,15,16,17). The van der Waals surface area contributed by atoms with Crippen LogP contribution >= 0.6 is 0 Å². The number of aromatic nitrogens is 1. The van der Waals surface area contributed by atoms with Crippen LogP contribution in [0.15, 0.2) is 29.0 Å². The van der Waals surface area contributed by atoms with Gasteiger partial charge in [-0.15, -0.1) is 0 Å². The summed E-state index contributed by atoms with van der Waals surface area (Å²) < 4.78 is 43.2. The monoisotopic (exact) mass is 257 g/mol. The number of amides is 2. The summed E-state index contributed by atoms with van der Waals surface area (Å²) in [5, 5.41) is 7.57. The molecule has 0 radical (unpaired) electrons. The molecule has 1 aromatic carbocycles. The molecule has 2 rings (SSSR count). The number of hydrogen-bond acceptors (Lipinski definition) is 3. The van der Waals surface area contributed by atoms with Crippen LogP contribution in [0.5, 0.6) is 0 Å². The Morgan fingerprint density at radius 2 is 1.89 bits per heavy atom. The highest BCUT2D eigenvalue weighted by Crippen LogP contribution is 2.19. The van der Waals surface area contributed by atoms with E-state index in [1.807, 2.05) is 5.32 Å². The smallest absolute Gasteiger partial charge is 0.325 e. The van der Waals surface area contributed by atoms with E-state index in [0.29, 0.717) is 6.07 Å². The maximum Gasteiger partial charge on any atom is 0.325 e. The maximum atomic E-state index is 13.2. The predicted octanol–water partition coefficient (Wildman–Crippen LogP) is 2.74. The molecule has 1 aromatic heterocycles. The summed E-state index contributed by atoms with van der Waals surface area (Å²) in [5.41, 5.74) is -0.491. The highest BCUT2D eigenvalue weighted by molar-refractivity contribution is 5.99. The van der Waals surface area contributed by atoms with Crippen molar-refractivity contribution < 1.29 is 22.5 Å². The Kier molecular flexibility index (Phi) is 3.18. The van der Waals surface area contributed by atoms with Gasteiger partial charge in [0.1, 0.15) is 6.26 Å². The van der Waals surface area contributed by atoms with Gasteiger partial charge >= 0.3 is 6.03 Å². The van der Waals surface area contributed by atoms with Gasteiger partial charge in [-0.2, -0.15) is 0 Å². The van der Waals surface area contributed by atoms with Crippen molar-refractivity contribution in [1.29, 1.82) is 0 Å². The quantitative estimate of drug-likeness (QED) is 0.813. The molecule has 94 valence electrons. The fraction of sp³-hybridized carbons (Fsp3) is 0. The van der Waals surface area contributed by atoms with E-state index in [1.54, 1.807) is 0 Å². The Morgan fingerprint density at radius 1 is 1.11 bits per heavy atom. The molecule has 0 spiro atoms. The third-order valence-electron chi connectivity index (χ3n) is 1.96. The predicted molar refractivity (Wildman–Crippen MR) is 55.5 cm³/mol. The highest BCUT2D eigenvalue weighted by Gasteiger charge is 2.15. The summed E-state index contributed by atoms with van der Waals surface area (Å²) in [7, 11) is 0. The molecule has 0 saturated carbocycles. The summed E-state index contributed by atoms with van der Waals surface area (Å²) in [5.74, 6) is -4.38. The molecule has 18 heavy (non-hydrogen) atoms. The van der Waals surface area contributed by atoms with E-state index in [4.69, 9.17) is 0 Å². The fourth-order valence-electron chi connectivity index (χ4n) is 1.17. The number of halogens is 3. The van der Waals surface area contributed by atoms with Crippen LogP contribution < -0.4 is 10.6 Å². The van der Waals surface area contributed by atoms with Crippen molar-refractivity contribution in [2.45, 2.75) is 0 Å². The second kappa shape index (κ2) is 4.78. The first kappa shape index (κ1) is 12.0. The van der Waals surface area contributed by atoms with Crippen LogP contribution in [0.25, 0.3) is 0 Å². The zero-order chi connectivity index (χ0) is 13.1. The van der Waals surface area contributed by atoms with Crippen molar-refractivity contribution in [2.24, 2.45) is 0 Å². The van der Waals surface area contributed by atoms with Crippen LogP contribution in [0.4, 0.5) is 29.5 Å². The minimum Gasteiger partial charge on any atom is -0.363 e. The molecular formula is C10H6F3N3O2. The normalized spacial score (nSPS) is 10.2. The first-order valence-electron chi connectivity index (χ1n) is 4.70. The summed E-state index contributed by atoms with van der Waals surface area (Å²) >= 11 is 0. The van der Waals surface area contributed by atoms with Gasteiger partial charge in [0.25, 0.3) is 0 Å². The first-order valence-corrected chi connectivity index (χ1v) is 4.70. The van der Waals surface area contributed by atoms with Crippen molar-refractivity contribution in [1.82, 2.24) is 5.16 Å². The van der Waals surface area contributed by atoms with Crippen molar-refractivity contribution in [3.8, 4) is 0 Å².